The Morgan fingerprint density at radius 2 is 2.17 bits per heavy atom. The molecule has 6 nitrogen and oxygen atoms in total. The van der Waals surface area contributed by atoms with Gasteiger partial charge in [-0.05, 0) is 6.07 Å². The van der Waals surface area contributed by atoms with Gasteiger partial charge in [0.2, 0.25) is 0 Å². The number of anilines is 1. The lowest BCUT2D eigenvalue weighted by molar-refractivity contribution is -0.384. The summed E-state index contributed by atoms with van der Waals surface area (Å²) in [4.78, 5) is 17.0. The van der Waals surface area contributed by atoms with Crippen LogP contribution in [0.4, 0.5) is 10.8 Å². The summed E-state index contributed by atoms with van der Waals surface area (Å²) in [5.74, 6) is 0. The van der Waals surface area contributed by atoms with E-state index in [0.29, 0.717) is 5.52 Å². The molecule has 1 fully saturated rings. The van der Waals surface area contributed by atoms with Crippen LogP contribution in [0.2, 0.25) is 0 Å². The van der Waals surface area contributed by atoms with E-state index >= 15 is 0 Å². The minimum atomic E-state index is -0.386. The van der Waals surface area contributed by atoms with E-state index in [1.807, 2.05) is 0 Å². The molecule has 1 N–H and O–H groups in total. The van der Waals surface area contributed by atoms with Crippen LogP contribution in [-0.2, 0) is 0 Å². The second-order valence-corrected chi connectivity index (χ2v) is 5.15. The lowest BCUT2D eigenvalue weighted by Gasteiger charge is -2.26. The molecular weight excluding hydrogens is 252 g/mol. The first-order chi connectivity index (χ1) is 8.74. The smallest absolute Gasteiger partial charge is 0.271 e. The van der Waals surface area contributed by atoms with Crippen LogP contribution in [0, 0.1) is 10.1 Å². The van der Waals surface area contributed by atoms with Gasteiger partial charge in [0.1, 0.15) is 0 Å². The van der Waals surface area contributed by atoms with Crippen molar-refractivity contribution in [3.05, 3.63) is 28.3 Å². The van der Waals surface area contributed by atoms with Crippen molar-refractivity contribution < 1.29 is 4.92 Å². The fraction of sp³-hybridized carbons (Fsp3) is 0.364. The Kier molecular flexibility index (Phi) is 2.85. The van der Waals surface area contributed by atoms with Gasteiger partial charge in [0.05, 0.1) is 15.1 Å². The van der Waals surface area contributed by atoms with Crippen LogP contribution in [0.5, 0.6) is 0 Å². The normalized spacial score (nSPS) is 16.1. The summed E-state index contributed by atoms with van der Waals surface area (Å²) in [6.45, 7) is 3.77. The molecule has 1 aromatic heterocycles. The van der Waals surface area contributed by atoms with Crippen molar-refractivity contribution in [2.75, 3.05) is 31.1 Å². The summed E-state index contributed by atoms with van der Waals surface area (Å²) in [5, 5.41) is 15.0. The maximum atomic E-state index is 10.7. The Bertz CT molecular complexity index is 592. The third-order valence-corrected chi connectivity index (χ3v) is 4.06. The summed E-state index contributed by atoms with van der Waals surface area (Å²) in [6.07, 6.45) is 0. The van der Waals surface area contributed by atoms with Gasteiger partial charge in [-0.2, -0.15) is 0 Å². The standard InChI is InChI=1S/C11H12N4O2S/c16-15(17)8-1-2-10-9(7-8)13-11(18-10)14-5-3-12-4-6-14/h1-2,7,12H,3-6H2. The van der Waals surface area contributed by atoms with Gasteiger partial charge in [-0.15, -0.1) is 0 Å². The van der Waals surface area contributed by atoms with Gasteiger partial charge in [-0.25, -0.2) is 4.98 Å². The molecule has 0 unspecified atom stereocenters. The molecule has 0 aliphatic carbocycles. The van der Waals surface area contributed by atoms with Gasteiger partial charge in [0.15, 0.2) is 5.13 Å². The first kappa shape index (κ1) is 11.4. The molecule has 7 heteroatoms. The third-order valence-electron chi connectivity index (χ3n) is 2.96. The third kappa shape index (κ3) is 2.02. The fourth-order valence-electron chi connectivity index (χ4n) is 2.01. The molecule has 1 aliphatic rings. The number of fused-ring (bicyclic) bond motifs is 1. The molecule has 0 amide bonds. The molecular formula is C11H12N4O2S. The number of non-ortho nitro benzene ring substituents is 1. The van der Waals surface area contributed by atoms with Crippen molar-refractivity contribution >= 4 is 32.4 Å². The molecule has 0 saturated carbocycles. The summed E-state index contributed by atoms with van der Waals surface area (Å²) < 4.78 is 0.995. The molecule has 2 heterocycles. The Balaban J connectivity index is 1.97. The first-order valence-electron chi connectivity index (χ1n) is 5.75. The van der Waals surface area contributed by atoms with E-state index in [-0.39, 0.29) is 10.6 Å². The molecule has 3 rings (SSSR count). The monoisotopic (exact) mass is 264 g/mol. The van der Waals surface area contributed by atoms with Crippen molar-refractivity contribution in [1.29, 1.82) is 0 Å². The number of hydrogen-bond acceptors (Lipinski definition) is 6. The molecule has 0 atom stereocenters. The summed E-state index contributed by atoms with van der Waals surface area (Å²) in [6, 6.07) is 4.84. The Labute approximate surface area is 107 Å². The highest BCUT2D eigenvalue weighted by atomic mass is 32.1. The molecule has 0 radical (unpaired) electrons. The van der Waals surface area contributed by atoms with E-state index in [1.54, 1.807) is 17.4 Å². The minimum absolute atomic E-state index is 0.0969. The van der Waals surface area contributed by atoms with Crippen LogP contribution in [0.3, 0.4) is 0 Å². The zero-order valence-electron chi connectivity index (χ0n) is 9.63. The van der Waals surface area contributed by atoms with Gasteiger partial charge in [-0.1, -0.05) is 11.3 Å². The van der Waals surface area contributed by atoms with E-state index in [9.17, 15) is 10.1 Å². The number of piperazine rings is 1. The Hall–Kier alpha value is -1.73. The van der Waals surface area contributed by atoms with Crippen LogP contribution in [0.25, 0.3) is 10.2 Å². The maximum absolute atomic E-state index is 10.7. The van der Waals surface area contributed by atoms with Crippen LogP contribution >= 0.6 is 11.3 Å². The van der Waals surface area contributed by atoms with Crippen LogP contribution in [0.1, 0.15) is 0 Å². The highest BCUT2D eigenvalue weighted by Gasteiger charge is 2.16. The second-order valence-electron chi connectivity index (χ2n) is 4.14. The molecule has 1 saturated heterocycles. The van der Waals surface area contributed by atoms with Crippen molar-refractivity contribution in [2.24, 2.45) is 0 Å². The lowest BCUT2D eigenvalue weighted by Crippen LogP contribution is -2.43. The van der Waals surface area contributed by atoms with Crippen molar-refractivity contribution in [3.8, 4) is 0 Å². The summed E-state index contributed by atoms with van der Waals surface area (Å²) in [5.41, 5.74) is 0.808. The number of hydrogen-bond donors (Lipinski definition) is 1. The molecule has 1 aliphatic heterocycles. The van der Waals surface area contributed by atoms with Crippen molar-refractivity contribution in [2.45, 2.75) is 0 Å². The number of nitro benzene ring substituents is 1. The van der Waals surface area contributed by atoms with Crippen molar-refractivity contribution in [1.82, 2.24) is 10.3 Å². The predicted octanol–water partition coefficient (Wildman–Crippen LogP) is 1.61. The zero-order valence-corrected chi connectivity index (χ0v) is 10.4. The largest absolute Gasteiger partial charge is 0.346 e. The average Bonchev–Trinajstić information content (AvgIpc) is 2.82. The second kappa shape index (κ2) is 4.51. The molecule has 0 bridgehead atoms. The van der Waals surface area contributed by atoms with Crippen molar-refractivity contribution in [3.63, 3.8) is 0 Å². The number of benzene rings is 1. The average molecular weight is 264 g/mol. The van der Waals surface area contributed by atoms with E-state index in [1.165, 1.54) is 12.1 Å². The molecule has 94 valence electrons. The molecule has 1 aromatic carbocycles. The highest BCUT2D eigenvalue weighted by Crippen LogP contribution is 2.31. The van der Waals surface area contributed by atoms with E-state index in [4.69, 9.17) is 0 Å². The topological polar surface area (TPSA) is 71.3 Å². The molecule has 2 aromatic rings. The van der Waals surface area contributed by atoms with E-state index < -0.39 is 0 Å². The minimum Gasteiger partial charge on any atom is -0.346 e. The number of aromatic nitrogens is 1. The van der Waals surface area contributed by atoms with Gasteiger partial charge < -0.3 is 10.2 Å². The highest BCUT2D eigenvalue weighted by molar-refractivity contribution is 7.22. The molecule has 0 spiro atoms. The molecule has 18 heavy (non-hydrogen) atoms. The van der Waals surface area contributed by atoms with Crippen LogP contribution < -0.4 is 10.2 Å². The number of nitrogens with one attached hydrogen (secondary N) is 1. The fourth-order valence-corrected chi connectivity index (χ4v) is 3.01. The lowest BCUT2D eigenvalue weighted by atomic mass is 10.3. The van der Waals surface area contributed by atoms with Gasteiger partial charge in [-0.3, -0.25) is 10.1 Å². The number of nitro groups is 1. The zero-order chi connectivity index (χ0) is 12.5. The number of nitrogens with zero attached hydrogens (tertiary/aromatic N) is 3. The summed E-state index contributed by atoms with van der Waals surface area (Å²) in [7, 11) is 0. The Morgan fingerprint density at radius 1 is 1.39 bits per heavy atom. The summed E-state index contributed by atoms with van der Waals surface area (Å²) >= 11 is 1.59. The quantitative estimate of drug-likeness (QED) is 0.659. The van der Waals surface area contributed by atoms with Crippen LogP contribution in [-0.4, -0.2) is 36.1 Å². The van der Waals surface area contributed by atoms with E-state index in [2.05, 4.69) is 15.2 Å². The SMILES string of the molecule is O=[N+]([O-])c1ccc2sc(N3CCNCC3)nc2c1. The van der Waals surface area contributed by atoms with Gasteiger partial charge in [0.25, 0.3) is 5.69 Å². The predicted molar refractivity (Wildman–Crippen MR) is 71.4 cm³/mol. The number of rotatable bonds is 2. The maximum Gasteiger partial charge on any atom is 0.271 e. The Morgan fingerprint density at radius 3 is 2.89 bits per heavy atom. The van der Waals surface area contributed by atoms with E-state index in [0.717, 1.165) is 36.0 Å². The van der Waals surface area contributed by atoms with Gasteiger partial charge >= 0.3 is 0 Å². The van der Waals surface area contributed by atoms with Gasteiger partial charge in [0, 0.05) is 38.3 Å². The van der Waals surface area contributed by atoms with Crippen LogP contribution in [0.15, 0.2) is 18.2 Å². The first-order valence-corrected chi connectivity index (χ1v) is 6.56. The number of thiazole rings is 1.